The second kappa shape index (κ2) is 9.48. The highest BCUT2D eigenvalue weighted by atomic mass is 32.2. The van der Waals surface area contributed by atoms with Gasteiger partial charge in [-0.25, -0.2) is 13.6 Å². The highest BCUT2D eigenvalue weighted by Crippen LogP contribution is 2.13. The van der Waals surface area contributed by atoms with Crippen LogP contribution in [0.1, 0.15) is 36.6 Å². The lowest BCUT2D eigenvalue weighted by molar-refractivity contribution is -0.139. The third-order valence-corrected chi connectivity index (χ3v) is 5.32. The van der Waals surface area contributed by atoms with Crippen LogP contribution in [0.15, 0.2) is 53.4 Å². The van der Waals surface area contributed by atoms with E-state index in [1.807, 2.05) is 31.2 Å². The molecule has 1 unspecified atom stereocenters. The van der Waals surface area contributed by atoms with Crippen LogP contribution in [0.2, 0.25) is 0 Å². The number of primary sulfonamides is 1. The zero-order valence-electron chi connectivity index (χ0n) is 15.9. The number of carbonyl (C=O) groups excluding carboxylic acids is 2. The van der Waals surface area contributed by atoms with Gasteiger partial charge < -0.3 is 10.6 Å². The molecule has 0 heterocycles. The van der Waals surface area contributed by atoms with Crippen molar-refractivity contribution in [3.8, 4) is 0 Å². The molecule has 0 aromatic heterocycles. The summed E-state index contributed by atoms with van der Waals surface area (Å²) in [6.45, 7) is 4.14. The van der Waals surface area contributed by atoms with Gasteiger partial charge in [0.25, 0.3) is 0 Å². The van der Waals surface area contributed by atoms with E-state index in [0.717, 1.165) is 17.5 Å². The van der Waals surface area contributed by atoms with Crippen molar-refractivity contribution < 1.29 is 18.0 Å². The van der Waals surface area contributed by atoms with Gasteiger partial charge in [0.15, 0.2) is 0 Å². The van der Waals surface area contributed by atoms with E-state index < -0.39 is 21.8 Å². The zero-order valence-corrected chi connectivity index (χ0v) is 16.8. The van der Waals surface area contributed by atoms with Gasteiger partial charge in [-0.15, -0.1) is 0 Å². The van der Waals surface area contributed by atoms with Gasteiger partial charge in [-0.3, -0.25) is 9.59 Å². The summed E-state index contributed by atoms with van der Waals surface area (Å²) in [4.78, 5) is 24.0. The molecule has 0 saturated heterocycles. The highest BCUT2D eigenvalue weighted by molar-refractivity contribution is 7.89. The Kier molecular flexibility index (Phi) is 7.31. The van der Waals surface area contributed by atoms with Gasteiger partial charge in [0.05, 0.1) is 10.9 Å². The van der Waals surface area contributed by atoms with Crippen molar-refractivity contribution in [3.63, 3.8) is 0 Å². The largest absolute Gasteiger partial charge is 0.348 e. The summed E-state index contributed by atoms with van der Waals surface area (Å²) in [7, 11) is -3.73. The maximum Gasteiger partial charge on any atom is 0.309 e. The van der Waals surface area contributed by atoms with E-state index in [-0.39, 0.29) is 17.5 Å². The molecular weight excluding hydrogens is 378 g/mol. The highest BCUT2D eigenvalue weighted by Gasteiger charge is 2.16. The summed E-state index contributed by atoms with van der Waals surface area (Å²) in [5.74, 6) is -1.41. The molecule has 0 aliphatic rings. The quantitative estimate of drug-likeness (QED) is 0.606. The number of hydrogen-bond donors (Lipinski definition) is 3. The lowest BCUT2D eigenvalue weighted by atomic mass is 10.1. The fourth-order valence-electron chi connectivity index (χ4n) is 2.63. The SMILES string of the molecule is CCc1ccc(C(C)NC(=O)C(=O)NCCc2ccc(S(N)(=O)=O)cc2)cc1. The van der Waals surface area contributed by atoms with Gasteiger partial charge >= 0.3 is 11.8 Å². The molecule has 0 radical (unpaired) electrons. The fraction of sp³-hybridized carbons (Fsp3) is 0.300. The Labute approximate surface area is 165 Å². The molecule has 0 fully saturated rings. The summed E-state index contributed by atoms with van der Waals surface area (Å²) < 4.78 is 22.4. The van der Waals surface area contributed by atoms with Crippen LogP contribution in [-0.2, 0) is 32.5 Å². The molecule has 0 aliphatic heterocycles. The Bertz CT molecular complexity index is 923. The third-order valence-electron chi connectivity index (χ3n) is 4.39. The van der Waals surface area contributed by atoms with Crippen LogP contribution in [0.5, 0.6) is 0 Å². The van der Waals surface area contributed by atoms with Gasteiger partial charge in [-0.2, -0.15) is 0 Å². The van der Waals surface area contributed by atoms with E-state index in [2.05, 4.69) is 17.6 Å². The predicted molar refractivity (Wildman–Crippen MR) is 107 cm³/mol. The average Bonchev–Trinajstić information content (AvgIpc) is 2.67. The minimum absolute atomic E-state index is 0.0284. The van der Waals surface area contributed by atoms with Crippen molar-refractivity contribution in [2.75, 3.05) is 6.54 Å². The van der Waals surface area contributed by atoms with Crippen molar-refractivity contribution in [1.29, 1.82) is 0 Å². The molecule has 0 bridgehead atoms. The number of hydrogen-bond acceptors (Lipinski definition) is 4. The Morgan fingerprint density at radius 2 is 1.54 bits per heavy atom. The second-order valence-electron chi connectivity index (χ2n) is 6.49. The first-order chi connectivity index (χ1) is 13.2. The summed E-state index contributed by atoms with van der Waals surface area (Å²) in [6.07, 6.45) is 1.39. The van der Waals surface area contributed by atoms with Crippen molar-refractivity contribution in [2.45, 2.75) is 37.6 Å². The van der Waals surface area contributed by atoms with Gasteiger partial charge in [0.2, 0.25) is 10.0 Å². The Hall–Kier alpha value is -2.71. The summed E-state index contributed by atoms with van der Waals surface area (Å²) >= 11 is 0. The van der Waals surface area contributed by atoms with Crippen LogP contribution in [-0.4, -0.2) is 26.8 Å². The molecule has 0 aliphatic carbocycles. The molecule has 2 amide bonds. The van der Waals surface area contributed by atoms with Gasteiger partial charge in [0.1, 0.15) is 0 Å². The lowest BCUT2D eigenvalue weighted by Crippen LogP contribution is -2.41. The number of sulfonamides is 1. The number of amides is 2. The molecule has 2 rings (SSSR count). The Balaban J connectivity index is 1.81. The monoisotopic (exact) mass is 403 g/mol. The number of nitrogens with one attached hydrogen (secondary N) is 2. The number of rotatable bonds is 7. The molecule has 0 saturated carbocycles. The molecule has 1 atom stereocenters. The minimum Gasteiger partial charge on any atom is -0.348 e. The standard InChI is InChI=1S/C20H25N3O4S/c1-3-15-4-8-17(9-5-15)14(2)23-20(25)19(24)22-13-12-16-6-10-18(11-7-16)28(21,26)27/h4-11,14H,3,12-13H2,1-2H3,(H,22,24)(H,23,25)(H2,21,26,27). The molecule has 0 spiro atoms. The number of aryl methyl sites for hydroxylation is 1. The zero-order chi connectivity index (χ0) is 20.7. The van der Waals surface area contributed by atoms with E-state index in [1.165, 1.54) is 17.7 Å². The van der Waals surface area contributed by atoms with Crippen LogP contribution in [0, 0.1) is 0 Å². The van der Waals surface area contributed by atoms with Crippen molar-refractivity contribution in [2.24, 2.45) is 5.14 Å². The molecule has 2 aromatic carbocycles. The molecule has 4 N–H and O–H groups in total. The Morgan fingerprint density at radius 3 is 2.07 bits per heavy atom. The minimum atomic E-state index is -3.73. The van der Waals surface area contributed by atoms with Crippen LogP contribution in [0.4, 0.5) is 0 Å². The molecule has 150 valence electrons. The average molecular weight is 404 g/mol. The number of nitrogens with two attached hydrogens (primary N) is 1. The number of carbonyl (C=O) groups is 2. The van der Waals surface area contributed by atoms with Crippen molar-refractivity contribution >= 4 is 21.8 Å². The van der Waals surface area contributed by atoms with Gasteiger partial charge in [-0.05, 0) is 48.6 Å². The second-order valence-corrected chi connectivity index (χ2v) is 8.05. The van der Waals surface area contributed by atoms with E-state index >= 15 is 0 Å². The van der Waals surface area contributed by atoms with Crippen LogP contribution in [0.3, 0.4) is 0 Å². The molecule has 2 aromatic rings. The maximum atomic E-state index is 12.0. The van der Waals surface area contributed by atoms with E-state index in [1.54, 1.807) is 12.1 Å². The maximum absolute atomic E-state index is 12.0. The summed E-state index contributed by atoms with van der Waals surface area (Å²) in [5.41, 5.74) is 2.95. The van der Waals surface area contributed by atoms with Crippen LogP contribution < -0.4 is 15.8 Å². The lowest BCUT2D eigenvalue weighted by Gasteiger charge is -2.14. The first kappa shape index (κ1) is 21.6. The van der Waals surface area contributed by atoms with Crippen molar-refractivity contribution in [3.05, 3.63) is 65.2 Å². The van der Waals surface area contributed by atoms with E-state index in [9.17, 15) is 18.0 Å². The number of benzene rings is 2. The summed E-state index contributed by atoms with van der Waals surface area (Å²) in [6, 6.07) is 13.6. The summed E-state index contributed by atoms with van der Waals surface area (Å²) in [5, 5.41) is 10.3. The first-order valence-corrected chi connectivity index (χ1v) is 10.5. The smallest absolute Gasteiger partial charge is 0.309 e. The molecular formula is C20H25N3O4S. The molecule has 7 nitrogen and oxygen atoms in total. The topological polar surface area (TPSA) is 118 Å². The van der Waals surface area contributed by atoms with Gasteiger partial charge in [0, 0.05) is 6.54 Å². The first-order valence-electron chi connectivity index (χ1n) is 9.00. The van der Waals surface area contributed by atoms with Gasteiger partial charge in [-0.1, -0.05) is 43.3 Å². The third kappa shape index (κ3) is 6.17. The fourth-order valence-corrected chi connectivity index (χ4v) is 3.15. The van der Waals surface area contributed by atoms with E-state index in [4.69, 9.17) is 5.14 Å². The molecule has 28 heavy (non-hydrogen) atoms. The van der Waals surface area contributed by atoms with Crippen molar-refractivity contribution in [1.82, 2.24) is 10.6 Å². The molecule has 8 heteroatoms. The normalized spacial score (nSPS) is 12.2. The van der Waals surface area contributed by atoms with E-state index in [0.29, 0.717) is 6.42 Å². The van der Waals surface area contributed by atoms with Crippen LogP contribution in [0.25, 0.3) is 0 Å². The Morgan fingerprint density at radius 1 is 0.964 bits per heavy atom. The predicted octanol–water partition coefficient (Wildman–Crippen LogP) is 1.43. The van der Waals surface area contributed by atoms with Crippen LogP contribution >= 0.6 is 0 Å².